The Kier molecular flexibility index (Phi) is 5.15. The van der Waals surface area contributed by atoms with E-state index in [4.69, 9.17) is 12.2 Å². The molecule has 0 spiro atoms. The molecule has 0 atom stereocenters. The van der Waals surface area contributed by atoms with E-state index in [-0.39, 0.29) is 29.8 Å². The Morgan fingerprint density at radius 3 is 2.10 bits per heavy atom. The zero-order valence-corrected chi connectivity index (χ0v) is 15.3. The fourth-order valence-corrected chi connectivity index (χ4v) is 3.41. The number of alkyl halides is 8. The minimum absolute atomic E-state index is 0.0219. The number of aromatic nitrogens is 2. The van der Waals surface area contributed by atoms with Crippen LogP contribution in [0.4, 0.5) is 40.8 Å². The third-order valence-electron chi connectivity index (χ3n) is 4.47. The van der Waals surface area contributed by atoms with Crippen LogP contribution < -0.4 is 0 Å². The Morgan fingerprint density at radius 2 is 1.63 bits per heavy atom. The number of nitro benzene ring substituents is 1. The van der Waals surface area contributed by atoms with Crippen molar-refractivity contribution in [2.75, 3.05) is 13.1 Å². The quantitative estimate of drug-likeness (QED) is 0.277. The zero-order valence-electron chi connectivity index (χ0n) is 14.5. The van der Waals surface area contributed by atoms with Gasteiger partial charge < -0.3 is 4.90 Å². The lowest BCUT2D eigenvalue weighted by atomic mass is 10.1. The van der Waals surface area contributed by atoms with E-state index in [1.54, 1.807) is 0 Å². The van der Waals surface area contributed by atoms with Crippen LogP contribution in [0.1, 0.15) is 24.2 Å². The van der Waals surface area contributed by atoms with E-state index >= 15 is 0 Å². The van der Waals surface area contributed by atoms with E-state index < -0.39 is 56.4 Å². The molecule has 1 fully saturated rings. The average Bonchev–Trinajstić information content (AvgIpc) is 3.26. The Bertz CT molecular complexity index is 1020. The summed E-state index contributed by atoms with van der Waals surface area (Å²) in [6, 6.07) is 0.238. The van der Waals surface area contributed by atoms with Gasteiger partial charge in [-0.05, 0) is 31.1 Å². The molecule has 0 aliphatic carbocycles. The molecule has 1 aliphatic heterocycles. The summed E-state index contributed by atoms with van der Waals surface area (Å²) in [5.41, 5.74) is -5.02. The summed E-state index contributed by atoms with van der Waals surface area (Å²) in [6.45, 7) is 0.327. The van der Waals surface area contributed by atoms with Crippen LogP contribution in [0.25, 0.3) is 11.0 Å². The molecule has 0 N–H and O–H groups in total. The predicted octanol–water partition coefficient (Wildman–Crippen LogP) is 4.85. The van der Waals surface area contributed by atoms with Crippen LogP contribution in [0.5, 0.6) is 0 Å². The molecule has 1 saturated heterocycles. The van der Waals surface area contributed by atoms with Crippen molar-refractivity contribution in [2.24, 2.45) is 0 Å². The lowest BCUT2D eigenvalue weighted by molar-refractivity contribution is -0.383. The SMILES string of the molecule is O=[N+]([O-])c1cc(C(F)(F)F)cc2c1nc(C(F)(F)C(F)(F)F)n2C(=S)N1CCCC1. The van der Waals surface area contributed by atoms with Crippen LogP contribution in [0, 0.1) is 10.1 Å². The second-order valence-corrected chi connectivity index (χ2v) is 6.80. The molecular weight excluding hydrogens is 452 g/mol. The maximum atomic E-state index is 14.2. The highest BCUT2D eigenvalue weighted by atomic mass is 32.1. The largest absolute Gasteiger partial charge is 0.461 e. The van der Waals surface area contributed by atoms with Crippen molar-refractivity contribution in [3.63, 3.8) is 0 Å². The van der Waals surface area contributed by atoms with Crippen LogP contribution in [0.15, 0.2) is 12.1 Å². The van der Waals surface area contributed by atoms with Gasteiger partial charge in [0.1, 0.15) is 0 Å². The Hall–Kier alpha value is -2.58. The average molecular weight is 462 g/mol. The van der Waals surface area contributed by atoms with Gasteiger partial charge in [0, 0.05) is 19.2 Å². The van der Waals surface area contributed by atoms with Crippen molar-refractivity contribution in [2.45, 2.75) is 31.1 Å². The molecule has 164 valence electrons. The van der Waals surface area contributed by atoms with Crippen LogP contribution in [0.2, 0.25) is 0 Å². The lowest BCUT2D eigenvalue weighted by Crippen LogP contribution is -2.40. The predicted molar refractivity (Wildman–Crippen MR) is 90.1 cm³/mol. The van der Waals surface area contributed by atoms with Crippen LogP contribution in [-0.2, 0) is 12.1 Å². The van der Waals surface area contributed by atoms with Crippen molar-refractivity contribution in [3.8, 4) is 0 Å². The van der Waals surface area contributed by atoms with Crippen molar-refractivity contribution < 1.29 is 40.0 Å². The summed E-state index contributed by atoms with van der Waals surface area (Å²) in [4.78, 5) is 14.2. The van der Waals surface area contributed by atoms with Crippen molar-refractivity contribution >= 4 is 34.1 Å². The van der Waals surface area contributed by atoms with Gasteiger partial charge in [-0.3, -0.25) is 14.7 Å². The summed E-state index contributed by atoms with van der Waals surface area (Å²) < 4.78 is 107. The zero-order chi connectivity index (χ0) is 22.6. The number of nitro groups is 1. The third kappa shape index (κ3) is 3.54. The molecule has 0 saturated carbocycles. The summed E-state index contributed by atoms with van der Waals surface area (Å²) in [7, 11) is 0. The molecule has 1 aromatic heterocycles. The van der Waals surface area contributed by atoms with Gasteiger partial charge in [-0.15, -0.1) is 0 Å². The smallest absolute Gasteiger partial charge is 0.349 e. The number of halogens is 8. The molecule has 0 radical (unpaired) electrons. The number of imidazole rings is 1. The van der Waals surface area contributed by atoms with Crippen molar-refractivity contribution in [1.82, 2.24) is 14.5 Å². The Balaban J connectivity index is 2.43. The third-order valence-corrected chi connectivity index (χ3v) is 4.91. The Morgan fingerprint density at radius 1 is 1.07 bits per heavy atom. The highest BCUT2D eigenvalue weighted by Gasteiger charge is 2.62. The molecular formula is C15H10F8N4O2S. The molecule has 0 unspecified atom stereocenters. The van der Waals surface area contributed by atoms with E-state index in [9.17, 15) is 45.2 Å². The van der Waals surface area contributed by atoms with Crippen LogP contribution in [0.3, 0.4) is 0 Å². The fourth-order valence-electron chi connectivity index (χ4n) is 3.04. The number of hydrogen-bond acceptors (Lipinski definition) is 4. The molecule has 0 amide bonds. The van der Waals surface area contributed by atoms with Crippen molar-refractivity contribution in [1.29, 1.82) is 0 Å². The van der Waals surface area contributed by atoms with Gasteiger partial charge in [0.15, 0.2) is 16.5 Å². The molecule has 6 nitrogen and oxygen atoms in total. The molecule has 1 aliphatic rings. The number of benzene rings is 1. The molecule has 3 rings (SSSR count). The summed E-state index contributed by atoms with van der Waals surface area (Å²) in [6.07, 6.45) is -10.3. The van der Waals surface area contributed by atoms with Gasteiger partial charge in [-0.1, -0.05) is 0 Å². The molecule has 30 heavy (non-hydrogen) atoms. The Labute approximate surface area is 167 Å². The molecule has 15 heteroatoms. The van der Waals surface area contributed by atoms with E-state index in [0.717, 1.165) is 0 Å². The summed E-state index contributed by atoms with van der Waals surface area (Å²) >= 11 is 4.98. The first-order valence-corrected chi connectivity index (χ1v) is 8.59. The number of hydrogen-bond donors (Lipinski definition) is 0. The second kappa shape index (κ2) is 6.99. The fraction of sp³-hybridized carbons (Fsp3) is 0.467. The van der Waals surface area contributed by atoms with Crippen LogP contribution >= 0.6 is 12.2 Å². The summed E-state index contributed by atoms with van der Waals surface area (Å²) in [5.74, 6) is -7.67. The standard InChI is InChI=1S/C15H10F8N4O2S/c16-13(17,15(21,22)23)11-24-10-8(26(11)12(30)25-3-1-2-4-25)5-7(14(18,19)20)6-9(10)27(28)29/h5-6H,1-4H2. The van der Waals surface area contributed by atoms with Gasteiger partial charge in [0.05, 0.1) is 16.0 Å². The first-order valence-electron chi connectivity index (χ1n) is 8.18. The number of thiocarbonyl (C=S) groups is 1. The molecule has 1 aromatic carbocycles. The van der Waals surface area contributed by atoms with Crippen molar-refractivity contribution in [3.05, 3.63) is 33.6 Å². The minimum Gasteiger partial charge on any atom is -0.349 e. The number of fused-ring (bicyclic) bond motifs is 1. The monoisotopic (exact) mass is 462 g/mol. The maximum absolute atomic E-state index is 14.2. The van der Waals surface area contributed by atoms with Gasteiger partial charge in [-0.25, -0.2) is 4.98 Å². The minimum atomic E-state index is -6.17. The lowest BCUT2D eigenvalue weighted by Gasteiger charge is -2.24. The van der Waals surface area contributed by atoms with Crippen LogP contribution in [-0.4, -0.2) is 43.8 Å². The number of nitrogens with zero attached hydrogens (tertiary/aromatic N) is 4. The van der Waals surface area contributed by atoms with E-state index in [0.29, 0.717) is 12.8 Å². The second-order valence-electron chi connectivity index (χ2n) is 6.44. The number of non-ortho nitro benzene ring substituents is 1. The highest BCUT2D eigenvalue weighted by Crippen LogP contribution is 2.46. The first-order chi connectivity index (χ1) is 13.7. The highest BCUT2D eigenvalue weighted by molar-refractivity contribution is 7.80. The first kappa shape index (κ1) is 22.1. The topological polar surface area (TPSA) is 64.2 Å². The van der Waals surface area contributed by atoms with E-state index in [1.807, 2.05) is 0 Å². The number of rotatable bonds is 2. The van der Waals surface area contributed by atoms with Gasteiger partial charge in [0.25, 0.3) is 5.69 Å². The van der Waals surface area contributed by atoms with Gasteiger partial charge >= 0.3 is 18.3 Å². The molecule has 0 bridgehead atoms. The summed E-state index contributed by atoms with van der Waals surface area (Å²) in [5, 5.41) is 10.6. The normalized spacial score (nSPS) is 15.8. The molecule has 2 heterocycles. The van der Waals surface area contributed by atoms with Gasteiger partial charge in [-0.2, -0.15) is 35.1 Å². The number of likely N-dealkylation sites (tertiary alicyclic amines) is 1. The van der Waals surface area contributed by atoms with E-state index in [1.165, 1.54) is 4.90 Å². The van der Waals surface area contributed by atoms with E-state index in [2.05, 4.69) is 4.98 Å². The molecule has 2 aromatic rings. The van der Waals surface area contributed by atoms with Gasteiger partial charge in [0.2, 0.25) is 0 Å². The maximum Gasteiger partial charge on any atom is 0.461 e.